The Labute approximate surface area is 91.7 Å². The maximum atomic E-state index is 8.72. The highest BCUT2D eigenvalue weighted by Crippen LogP contribution is 2.09. The van der Waals surface area contributed by atoms with Crippen LogP contribution in [0.2, 0.25) is 0 Å². The maximum Gasteiger partial charge on any atom is 0.0448 e. The van der Waals surface area contributed by atoms with Crippen molar-refractivity contribution in [2.75, 3.05) is 13.2 Å². The minimum atomic E-state index is 0.212. The van der Waals surface area contributed by atoms with Crippen LogP contribution in [0.4, 0.5) is 0 Å². The van der Waals surface area contributed by atoms with Gasteiger partial charge < -0.3 is 5.11 Å². The zero-order valence-corrected chi connectivity index (χ0v) is 9.48. The smallest absolute Gasteiger partial charge is 0.0448 e. The minimum Gasteiger partial charge on any atom is -0.396 e. The summed E-state index contributed by atoms with van der Waals surface area (Å²) in [5.41, 5.74) is 2.31. The molecular formula is C13H19NO. The third-order valence-corrected chi connectivity index (χ3v) is 2.21. The molecule has 0 aliphatic heterocycles. The van der Waals surface area contributed by atoms with Crippen LogP contribution in [0.5, 0.6) is 0 Å². The number of aliphatic hydroxyl groups excluding tert-OH is 1. The number of benzene rings is 1. The van der Waals surface area contributed by atoms with Gasteiger partial charge in [-0.3, -0.25) is 4.99 Å². The van der Waals surface area contributed by atoms with Crippen LogP contribution in [0, 0.1) is 5.92 Å². The van der Waals surface area contributed by atoms with Gasteiger partial charge in [0.25, 0.3) is 0 Å². The Morgan fingerprint density at radius 1 is 1.27 bits per heavy atom. The van der Waals surface area contributed by atoms with Crippen LogP contribution >= 0.6 is 0 Å². The van der Waals surface area contributed by atoms with Gasteiger partial charge in [0.05, 0.1) is 0 Å². The molecule has 0 saturated heterocycles. The molecule has 1 rings (SSSR count). The first-order valence-corrected chi connectivity index (χ1v) is 5.46. The van der Waals surface area contributed by atoms with E-state index in [2.05, 4.69) is 31.0 Å². The normalized spacial score (nSPS) is 12.1. The average molecular weight is 205 g/mol. The molecule has 0 unspecified atom stereocenters. The summed E-state index contributed by atoms with van der Waals surface area (Å²) in [6.45, 7) is 5.21. The zero-order valence-electron chi connectivity index (χ0n) is 9.48. The molecule has 0 saturated carbocycles. The van der Waals surface area contributed by atoms with Crippen molar-refractivity contribution in [3.8, 4) is 0 Å². The van der Waals surface area contributed by atoms with Gasteiger partial charge in [-0.05, 0) is 17.9 Å². The van der Waals surface area contributed by atoms with Gasteiger partial charge in [0, 0.05) is 18.9 Å². The topological polar surface area (TPSA) is 32.6 Å². The molecule has 0 amide bonds. The molecule has 0 radical (unpaired) electrons. The number of hydrogen-bond donors (Lipinski definition) is 1. The van der Waals surface area contributed by atoms with Crippen molar-refractivity contribution in [3.05, 3.63) is 35.9 Å². The van der Waals surface area contributed by atoms with Crippen molar-refractivity contribution >= 4 is 5.71 Å². The minimum absolute atomic E-state index is 0.212. The van der Waals surface area contributed by atoms with Gasteiger partial charge in [0.2, 0.25) is 0 Å². The Kier molecular flexibility index (Phi) is 5.05. The number of hydrogen-bond acceptors (Lipinski definition) is 2. The molecular weight excluding hydrogens is 186 g/mol. The fourth-order valence-corrected chi connectivity index (χ4v) is 1.49. The molecule has 1 aromatic carbocycles. The highest BCUT2D eigenvalue weighted by molar-refractivity contribution is 6.01. The molecule has 0 spiro atoms. The molecule has 0 aromatic heterocycles. The monoisotopic (exact) mass is 205 g/mol. The second kappa shape index (κ2) is 6.36. The molecule has 0 fully saturated rings. The summed E-state index contributed by atoms with van der Waals surface area (Å²) < 4.78 is 0. The quantitative estimate of drug-likeness (QED) is 0.581. The zero-order chi connectivity index (χ0) is 11.1. The Bertz CT molecular complexity index is 304. The van der Waals surface area contributed by atoms with Crippen molar-refractivity contribution in [3.63, 3.8) is 0 Å². The molecule has 15 heavy (non-hydrogen) atoms. The van der Waals surface area contributed by atoms with E-state index in [9.17, 15) is 0 Å². The van der Waals surface area contributed by atoms with Crippen LogP contribution in [-0.2, 0) is 0 Å². The fraction of sp³-hybridized carbons (Fsp3) is 0.462. The predicted octanol–water partition coefficient (Wildman–Crippen LogP) is 2.51. The van der Waals surface area contributed by atoms with Crippen LogP contribution in [0.25, 0.3) is 0 Å². The van der Waals surface area contributed by atoms with Crippen LogP contribution in [0.15, 0.2) is 35.3 Å². The van der Waals surface area contributed by atoms with Crippen molar-refractivity contribution in [1.82, 2.24) is 0 Å². The van der Waals surface area contributed by atoms with E-state index in [1.807, 2.05) is 18.2 Å². The summed E-state index contributed by atoms with van der Waals surface area (Å²) >= 11 is 0. The molecule has 0 aliphatic carbocycles. The maximum absolute atomic E-state index is 8.72. The highest BCUT2D eigenvalue weighted by Gasteiger charge is 2.06. The van der Waals surface area contributed by atoms with Crippen LogP contribution < -0.4 is 0 Å². The Morgan fingerprint density at radius 3 is 2.47 bits per heavy atom. The van der Waals surface area contributed by atoms with Crippen molar-refractivity contribution in [1.29, 1.82) is 0 Å². The van der Waals surface area contributed by atoms with E-state index < -0.39 is 0 Å². The van der Waals surface area contributed by atoms with Crippen LogP contribution in [0.1, 0.15) is 25.8 Å². The standard InChI is InChI=1S/C13H19NO/c1-11(2)13(14-9-6-10-15)12-7-4-3-5-8-12/h3-5,7-8,11,15H,6,9-10H2,1-2H3/b14-13+. The molecule has 1 N–H and O–H groups in total. The van der Waals surface area contributed by atoms with E-state index in [1.165, 1.54) is 5.56 Å². The lowest BCUT2D eigenvalue weighted by Crippen LogP contribution is -2.10. The lowest BCUT2D eigenvalue weighted by Gasteiger charge is -2.10. The molecule has 0 bridgehead atoms. The van der Waals surface area contributed by atoms with Gasteiger partial charge in [0.1, 0.15) is 0 Å². The van der Waals surface area contributed by atoms with Crippen molar-refractivity contribution in [2.45, 2.75) is 20.3 Å². The molecule has 0 aliphatic rings. The number of rotatable bonds is 5. The lowest BCUT2D eigenvalue weighted by atomic mass is 10.00. The number of aliphatic hydroxyl groups is 1. The van der Waals surface area contributed by atoms with Crippen molar-refractivity contribution < 1.29 is 5.11 Å². The third-order valence-electron chi connectivity index (χ3n) is 2.21. The van der Waals surface area contributed by atoms with Gasteiger partial charge >= 0.3 is 0 Å². The summed E-state index contributed by atoms with van der Waals surface area (Å²) in [6, 6.07) is 10.2. The molecule has 0 heterocycles. The Balaban J connectivity index is 2.79. The summed E-state index contributed by atoms with van der Waals surface area (Å²) in [7, 11) is 0. The average Bonchev–Trinajstić information content (AvgIpc) is 2.25. The molecule has 2 heteroatoms. The second-order valence-electron chi connectivity index (χ2n) is 3.86. The molecule has 1 aromatic rings. The summed E-state index contributed by atoms with van der Waals surface area (Å²) in [5, 5.41) is 8.72. The van der Waals surface area contributed by atoms with Gasteiger partial charge in [-0.1, -0.05) is 44.2 Å². The summed E-state index contributed by atoms with van der Waals surface area (Å²) in [6.07, 6.45) is 0.739. The third kappa shape index (κ3) is 3.84. The van der Waals surface area contributed by atoms with Crippen LogP contribution in [-0.4, -0.2) is 24.0 Å². The molecule has 2 nitrogen and oxygen atoms in total. The predicted molar refractivity (Wildman–Crippen MR) is 64.4 cm³/mol. The Hall–Kier alpha value is -1.15. The Morgan fingerprint density at radius 2 is 1.93 bits per heavy atom. The van der Waals surface area contributed by atoms with Crippen molar-refractivity contribution in [2.24, 2.45) is 10.9 Å². The van der Waals surface area contributed by atoms with Gasteiger partial charge in [-0.15, -0.1) is 0 Å². The van der Waals surface area contributed by atoms with E-state index in [0.717, 1.165) is 12.1 Å². The molecule has 82 valence electrons. The number of nitrogens with zero attached hydrogens (tertiary/aromatic N) is 1. The van der Waals surface area contributed by atoms with E-state index >= 15 is 0 Å². The van der Waals surface area contributed by atoms with E-state index in [0.29, 0.717) is 12.5 Å². The first-order valence-electron chi connectivity index (χ1n) is 5.46. The second-order valence-corrected chi connectivity index (χ2v) is 3.86. The fourth-order valence-electron chi connectivity index (χ4n) is 1.49. The van der Waals surface area contributed by atoms with E-state index in [-0.39, 0.29) is 6.61 Å². The first kappa shape index (κ1) is 11.9. The lowest BCUT2D eigenvalue weighted by molar-refractivity contribution is 0.291. The SMILES string of the molecule is CC(C)/C(=N\CCCO)c1ccccc1. The largest absolute Gasteiger partial charge is 0.396 e. The van der Waals surface area contributed by atoms with Gasteiger partial charge in [-0.25, -0.2) is 0 Å². The first-order chi connectivity index (χ1) is 7.25. The number of aliphatic imine (C=N–C) groups is 1. The van der Waals surface area contributed by atoms with E-state index in [1.54, 1.807) is 0 Å². The summed E-state index contributed by atoms with van der Waals surface area (Å²) in [4.78, 5) is 4.54. The highest BCUT2D eigenvalue weighted by atomic mass is 16.3. The summed E-state index contributed by atoms with van der Waals surface area (Å²) in [5.74, 6) is 0.422. The molecule has 0 atom stereocenters. The van der Waals surface area contributed by atoms with E-state index in [4.69, 9.17) is 5.11 Å². The van der Waals surface area contributed by atoms with Crippen LogP contribution in [0.3, 0.4) is 0 Å². The van der Waals surface area contributed by atoms with Gasteiger partial charge in [-0.2, -0.15) is 0 Å². The van der Waals surface area contributed by atoms with Gasteiger partial charge in [0.15, 0.2) is 0 Å².